The Morgan fingerprint density at radius 3 is 2.46 bits per heavy atom. The van der Waals surface area contributed by atoms with E-state index in [4.69, 9.17) is 4.74 Å². The number of methoxy groups -OCH3 is 1. The van der Waals surface area contributed by atoms with E-state index in [0.29, 0.717) is 0 Å². The van der Waals surface area contributed by atoms with Crippen LogP contribution in [0.2, 0.25) is 0 Å². The van der Waals surface area contributed by atoms with Crippen LogP contribution in [0.3, 0.4) is 0 Å². The van der Waals surface area contributed by atoms with Gasteiger partial charge in [-0.2, -0.15) is 0 Å². The van der Waals surface area contributed by atoms with Crippen LogP contribution in [0.15, 0.2) is 54.7 Å². The van der Waals surface area contributed by atoms with Gasteiger partial charge in [-0.15, -0.1) is 0 Å². The number of likely N-dealkylation sites (N-methyl/N-ethyl adjacent to an activating group) is 1. The van der Waals surface area contributed by atoms with E-state index in [1.165, 1.54) is 5.69 Å². The molecule has 134 valence electrons. The summed E-state index contributed by atoms with van der Waals surface area (Å²) in [7, 11) is 3.86. The Morgan fingerprint density at radius 1 is 0.962 bits per heavy atom. The quantitative estimate of drug-likeness (QED) is 0.778. The second-order valence-electron chi connectivity index (χ2n) is 6.70. The molecule has 1 aliphatic rings. The van der Waals surface area contributed by atoms with Crippen molar-refractivity contribution in [3.05, 3.63) is 54.7 Å². The normalized spacial score (nSPS) is 15.2. The summed E-state index contributed by atoms with van der Waals surface area (Å²) >= 11 is 0. The number of piperazine rings is 1. The minimum absolute atomic E-state index is 0.832. The first-order valence-corrected chi connectivity index (χ1v) is 8.96. The van der Waals surface area contributed by atoms with Crippen LogP contribution in [0.5, 0.6) is 5.75 Å². The molecular formula is C21H24N4O. The van der Waals surface area contributed by atoms with Crippen molar-refractivity contribution < 1.29 is 4.74 Å². The van der Waals surface area contributed by atoms with Crippen molar-refractivity contribution in [1.29, 1.82) is 0 Å². The van der Waals surface area contributed by atoms with Gasteiger partial charge in [0.05, 0.1) is 12.6 Å². The fourth-order valence-corrected chi connectivity index (χ4v) is 3.34. The number of rotatable bonds is 4. The molecule has 1 fully saturated rings. The van der Waals surface area contributed by atoms with Gasteiger partial charge in [-0.05, 0) is 55.6 Å². The van der Waals surface area contributed by atoms with Crippen LogP contribution < -0.4 is 15.0 Å². The standard InChI is InChI=1S/C21H24N4O/c1-24-11-13-25(14-12-24)17-5-3-16(4-6-17)23-21-9-10-22-20-8-7-18(26-2)15-19(20)21/h3-10,15H,11-14H2,1-2H3,(H,22,23). The third kappa shape index (κ3) is 3.44. The number of hydrogen-bond acceptors (Lipinski definition) is 5. The first kappa shape index (κ1) is 16.7. The largest absolute Gasteiger partial charge is 0.497 e. The molecule has 5 heteroatoms. The molecule has 5 nitrogen and oxygen atoms in total. The highest BCUT2D eigenvalue weighted by molar-refractivity contribution is 5.93. The van der Waals surface area contributed by atoms with Crippen LogP contribution in [0.25, 0.3) is 10.9 Å². The predicted molar refractivity (Wildman–Crippen MR) is 108 cm³/mol. The van der Waals surface area contributed by atoms with E-state index < -0.39 is 0 Å². The van der Waals surface area contributed by atoms with Crippen molar-refractivity contribution >= 4 is 28.0 Å². The van der Waals surface area contributed by atoms with Gasteiger partial charge in [-0.1, -0.05) is 0 Å². The molecule has 0 radical (unpaired) electrons. The van der Waals surface area contributed by atoms with Gasteiger partial charge in [0, 0.05) is 54.8 Å². The second-order valence-corrected chi connectivity index (χ2v) is 6.70. The van der Waals surface area contributed by atoms with Crippen molar-refractivity contribution in [2.75, 3.05) is 50.6 Å². The maximum Gasteiger partial charge on any atom is 0.119 e. The molecule has 0 unspecified atom stereocenters. The zero-order valence-electron chi connectivity index (χ0n) is 15.3. The molecule has 0 saturated carbocycles. The maximum absolute atomic E-state index is 5.35. The fraction of sp³-hybridized carbons (Fsp3) is 0.286. The van der Waals surface area contributed by atoms with E-state index in [1.807, 2.05) is 30.5 Å². The smallest absolute Gasteiger partial charge is 0.119 e. The number of fused-ring (bicyclic) bond motifs is 1. The van der Waals surface area contributed by atoms with Crippen molar-refractivity contribution in [3.63, 3.8) is 0 Å². The lowest BCUT2D eigenvalue weighted by molar-refractivity contribution is 0.313. The van der Waals surface area contributed by atoms with E-state index in [0.717, 1.165) is 54.2 Å². The molecule has 0 amide bonds. The van der Waals surface area contributed by atoms with E-state index in [2.05, 4.69) is 51.4 Å². The fourth-order valence-electron chi connectivity index (χ4n) is 3.34. The lowest BCUT2D eigenvalue weighted by atomic mass is 10.1. The molecule has 1 aliphatic heterocycles. The van der Waals surface area contributed by atoms with Gasteiger partial charge in [0.2, 0.25) is 0 Å². The van der Waals surface area contributed by atoms with Gasteiger partial charge in [-0.25, -0.2) is 0 Å². The van der Waals surface area contributed by atoms with Crippen LogP contribution in [-0.4, -0.2) is 50.2 Å². The van der Waals surface area contributed by atoms with Crippen LogP contribution in [-0.2, 0) is 0 Å². The van der Waals surface area contributed by atoms with Crippen molar-refractivity contribution in [1.82, 2.24) is 9.88 Å². The first-order chi connectivity index (χ1) is 12.7. The third-order valence-electron chi connectivity index (χ3n) is 4.96. The van der Waals surface area contributed by atoms with E-state index in [-0.39, 0.29) is 0 Å². The highest BCUT2D eigenvalue weighted by Crippen LogP contribution is 2.29. The van der Waals surface area contributed by atoms with Crippen molar-refractivity contribution in [2.24, 2.45) is 0 Å². The van der Waals surface area contributed by atoms with E-state index >= 15 is 0 Å². The Morgan fingerprint density at radius 2 is 1.73 bits per heavy atom. The summed E-state index contributed by atoms with van der Waals surface area (Å²) in [6.07, 6.45) is 1.83. The molecular weight excluding hydrogens is 324 g/mol. The Bertz CT molecular complexity index is 886. The van der Waals surface area contributed by atoms with Crippen molar-refractivity contribution in [2.45, 2.75) is 0 Å². The van der Waals surface area contributed by atoms with E-state index in [9.17, 15) is 0 Å². The zero-order valence-corrected chi connectivity index (χ0v) is 15.3. The van der Waals surface area contributed by atoms with Gasteiger partial charge in [0.15, 0.2) is 0 Å². The molecule has 2 heterocycles. The summed E-state index contributed by atoms with van der Waals surface area (Å²) in [5.74, 6) is 0.832. The SMILES string of the molecule is COc1ccc2nccc(Nc3ccc(N4CCN(C)CC4)cc3)c2c1. The molecule has 0 spiro atoms. The highest BCUT2D eigenvalue weighted by atomic mass is 16.5. The summed E-state index contributed by atoms with van der Waals surface area (Å²) in [6.45, 7) is 4.39. The van der Waals surface area contributed by atoms with Gasteiger partial charge in [0.1, 0.15) is 5.75 Å². The lowest BCUT2D eigenvalue weighted by Crippen LogP contribution is -2.44. The van der Waals surface area contributed by atoms with Gasteiger partial charge >= 0.3 is 0 Å². The molecule has 0 bridgehead atoms. The van der Waals surface area contributed by atoms with Crippen LogP contribution in [0, 0.1) is 0 Å². The minimum atomic E-state index is 0.832. The lowest BCUT2D eigenvalue weighted by Gasteiger charge is -2.34. The Labute approximate surface area is 154 Å². The van der Waals surface area contributed by atoms with Gasteiger partial charge < -0.3 is 19.9 Å². The molecule has 0 atom stereocenters. The summed E-state index contributed by atoms with van der Waals surface area (Å²) in [6, 6.07) is 16.6. The Kier molecular flexibility index (Phi) is 4.63. The van der Waals surface area contributed by atoms with Gasteiger partial charge in [-0.3, -0.25) is 4.98 Å². The Balaban J connectivity index is 1.55. The zero-order chi connectivity index (χ0) is 17.9. The highest BCUT2D eigenvalue weighted by Gasteiger charge is 2.14. The summed E-state index contributed by atoms with van der Waals surface area (Å²) in [5.41, 5.74) is 4.33. The number of pyridine rings is 1. The number of ether oxygens (including phenoxy) is 1. The molecule has 4 rings (SSSR count). The summed E-state index contributed by atoms with van der Waals surface area (Å²) in [4.78, 5) is 9.25. The topological polar surface area (TPSA) is 40.6 Å². The van der Waals surface area contributed by atoms with E-state index in [1.54, 1.807) is 7.11 Å². The molecule has 1 N–H and O–H groups in total. The number of benzene rings is 2. The Hall–Kier alpha value is -2.79. The summed E-state index contributed by atoms with van der Waals surface area (Å²) in [5, 5.41) is 4.56. The van der Waals surface area contributed by atoms with Crippen LogP contribution in [0.4, 0.5) is 17.1 Å². The van der Waals surface area contributed by atoms with Gasteiger partial charge in [0.25, 0.3) is 0 Å². The maximum atomic E-state index is 5.35. The third-order valence-corrected chi connectivity index (χ3v) is 4.96. The molecule has 3 aromatic rings. The predicted octanol–water partition coefficient (Wildman–Crippen LogP) is 3.74. The molecule has 26 heavy (non-hydrogen) atoms. The molecule has 1 aromatic heterocycles. The first-order valence-electron chi connectivity index (χ1n) is 8.96. The number of anilines is 3. The number of nitrogens with one attached hydrogen (secondary N) is 1. The average molecular weight is 348 g/mol. The van der Waals surface area contributed by atoms with Crippen LogP contribution >= 0.6 is 0 Å². The van der Waals surface area contributed by atoms with Crippen molar-refractivity contribution in [3.8, 4) is 5.75 Å². The molecule has 1 saturated heterocycles. The molecule has 0 aliphatic carbocycles. The second kappa shape index (κ2) is 7.22. The number of aromatic nitrogens is 1. The number of hydrogen-bond donors (Lipinski definition) is 1. The monoisotopic (exact) mass is 348 g/mol. The van der Waals surface area contributed by atoms with Crippen LogP contribution in [0.1, 0.15) is 0 Å². The average Bonchev–Trinajstić information content (AvgIpc) is 2.69. The number of nitrogens with zero attached hydrogens (tertiary/aromatic N) is 3. The summed E-state index contributed by atoms with van der Waals surface area (Å²) < 4.78 is 5.35. The minimum Gasteiger partial charge on any atom is -0.497 e. The molecule has 2 aromatic carbocycles.